The molecule has 0 bridgehead atoms. The van der Waals surface area contributed by atoms with Gasteiger partial charge in [-0.3, -0.25) is 4.68 Å². The molecule has 0 fully saturated rings. The molecular weight excluding hydrogens is 166 g/mol. The molecule has 0 aliphatic heterocycles. The van der Waals surface area contributed by atoms with Crippen LogP contribution in [0.25, 0.3) is 10.9 Å². The summed E-state index contributed by atoms with van der Waals surface area (Å²) in [4.78, 5) is 0. The maximum Gasteiger partial charge on any atom is 0.0930 e. The van der Waals surface area contributed by atoms with Crippen molar-refractivity contribution in [3.05, 3.63) is 30.0 Å². The van der Waals surface area contributed by atoms with Crippen LogP contribution in [-0.2, 0) is 7.05 Å². The highest BCUT2D eigenvalue weighted by Gasteiger charge is 2.04. The Morgan fingerprint density at radius 3 is 3.00 bits per heavy atom. The van der Waals surface area contributed by atoms with Crippen molar-refractivity contribution in [2.24, 2.45) is 12.2 Å². The second-order valence-corrected chi connectivity index (χ2v) is 2.77. The summed E-state index contributed by atoms with van der Waals surface area (Å²) in [5.74, 6) is 0. The average molecular weight is 175 g/mol. The van der Waals surface area contributed by atoms with Gasteiger partial charge in [-0.05, 0) is 6.07 Å². The zero-order chi connectivity index (χ0) is 9.26. The molecule has 2 rings (SSSR count). The van der Waals surface area contributed by atoms with Crippen LogP contribution in [-0.4, -0.2) is 21.2 Å². The van der Waals surface area contributed by atoms with Crippen LogP contribution in [0.2, 0.25) is 0 Å². The van der Waals surface area contributed by atoms with Crippen LogP contribution in [0.5, 0.6) is 0 Å². The van der Waals surface area contributed by atoms with E-state index in [0.717, 1.165) is 16.6 Å². The fraction of sp³-hybridized carbons (Fsp3) is 0.111. The molecule has 1 aromatic carbocycles. The first-order valence-electron chi connectivity index (χ1n) is 3.92. The Bertz CT molecular complexity index is 459. The number of fused-ring (bicyclic) bond motifs is 1. The zero-order valence-corrected chi connectivity index (χ0v) is 7.18. The van der Waals surface area contributed by atoms with Crippen LogP contribution >= 0.6 is 0 Å². The Balaban J connectivity index is 2.78. The molecule has 1 N–H and O–H groups in total. The molecule has 0 radical (unpaired) electrons. The predicted octanol–water partition coefficient (Wildman–Crippen LogP) is 1.38. The topological polar surface area (TPSA) is 50.4 Å². The minimum atomic E-state index is 0.804. The molecule has 2 aromatic rings. The number of aromatic nitrogens is 2. The molecule has 66 valence electrons. The quantitative estimate of drug-likeness (QED) is 0.404. The molecule has 0 aliphatic carbocycles. The largest absolute Gasteiger partial charge is 0.411 e. The molecule has 13 heavy (non-hydrogen) atoms. The molecular formula is C9H9N3O. The minimum Gasteiger partial charge on any atom is -0.411 e. The Morgan fingerprint density at radius 1 is 1.46 bits per heavy atom. The highest BCUT2D eigenvalue weighted by Crippen LogP contribution is 2.15. The normalized spacial score (nSPS) is 11.5. The van der Waals surface area contributed by atoms with Crippen LogP contribution in [0.15, 0.2) is 29.4 Å². The van der Waals surface area contributed by atoms with E-state index in [4.69, 9.17) is 5.21 Å². The summed E-state index contributed by atoms with van der Waals surface area (Å²) < 4.78 is 1.68. The van der Waals surface area contributed by atoms with Gasteiger partial charge in [0.1, 0.15) is 0 Å². The monoisotopic (exact) mass is 175 g/mol. The lowest BCUT2D eigenvalue weighted by atomic mass is 10.2. The number of hydrogen-bond donors (Lipinski definition) is 1. The van der Waals surface area contributed by atoms with Crippen LogP contribution in [0, 0.1) is 0 Å². The smallest absolute Gasteiger partial charge is 0.0930 e. The lowest BCUT2D eigenvalue weighted by Gasteiger charge is -1.91. The number of aryl methyl sites for hydroxylation is 1. The van der Waals surface area contributed by atoms with E-state index >= 15 is 0 Å². The summed E-state index contributed by atoms with van der Waals surface area (Å²) in [5, 5.41) is 16.7. The van der Waals surface area contributed by atoms with Gasteiger partial charge in [0.2, 0.25) is 0 Å². The molecule has 0 unspecified atom stereocenters. The lowest BCUT2D eigenvalue weighted by molar-refractivity contribution is 0.321. The molecule has 0 aliphatic rings. The van der Waals surface area contributed by atoms with Crippen LogP contribution in [0.1, 0.15) is 5.69 Å². The third-order valence-electron chi connectivity index (χ3n) is 1.97. The second-order valence-electron chi connectivity index (χ2n) is 2.77. The summed E-state index contributed by atoms with van der Waals surface area (Å²) >= 11 is 0. The first-order chi connectivity index (χ1) is 6.33. The minimum absolute atomic E-state index is 0.804. The molecule has 0 saturated heterocycles. The third-order valence-corrected chi connectivity index (χ3v) is 1.97. The van der Waals surface area contributed by atoms with Gasteiger partial charge in [0.05, 0.1) is 17.4 Å². The van der Waals surface area contributed by atoms with E-state index in [2.05, 4.69) is 10.3 Å². The first-order valence-corrected chi connectivity index (χ1v) is 3.92. The van der Waals surface area contributed by atoms with Gasteiger partial charge < -0.3 is 5.21 Å². The average Bonchev–Trinajstić information content (AvgIpc) is 2.44. The van der Waals surface area contributed by atoms with Crippen molar-refractivity contribution in [2.75, 3.05) is 0 Å². The van der Waals surface area contributed by atoms with E-state index in [0.29, 0.717) is 0 Å². The van der Waals surface area contributed by atoms with Crippen molar-refractivity contribution in [2.45, 2.75) is 0 Å². The van der Waals surface area contributed by atoms with Crippen LogP contribution < -0.4 is 0 Å². The van der Waals surface area contributed by atoms with E-state index in [1.54, 1.807) is 4.68 Å². The van der Waals surface area contributed by atoms with Gasteiger partial charge in [0.25, 0.3) is 0 Å². The Morgan fingerprint density at radius 2 is 2.23 bits per heavy atom. The van der Waals surface area contributed by atoms with Crippen LogP contribution in [0.3, 0.4) is 0 Å². The Hall–Kier alpha value is -1.84. The van der Waals surface area contributed by atoms with Gasteiger partial charge in [-0.25, -0.2) is 0 Å². The van der Waals surface area contributed by atoms with Gasteiger partial charge in [0, 0.05) is 12.4 Å². The van der Waals surface area contributed by atoms with E-state index in [1.807, 2.05) is 31.3 Å². The molecule has 0 atom stereocenters. The van der Waals surface area contributed by atoms with Crippen molar-refractivity contribution >= 4 is 17.1 Å². The summed E-state index contributed by atoms with van der Waals surface area (Å²) in [6.45, 7) is 0. The summed E-state index contributed by atoms with van der Waals surface area (Å²) in [7, 11) is 1.82. The molecule has 0 saturated carbocycles. The highest BCUT2D eigenvalue weighted by molar-refractivity contribution is 5.96. The van der Waals surface area contributed by atoms with Gasteiger partial charge in [-0.2, -0.15) is 5.10 Å². The molecule has 1 aromatic heterocycles. The van der Waals surface area contributed by atoms with Crippen LogP contribution in [0.4, 0.5) is 0 Å². The second kappa shape index (κ2) is 2.90. The van der Waals surface area contributed by atoms with E-state index in [9.17, 15) is 0 Å². The van der Waals surface area contributed by atoms with E-state index in [1.165, 1.54) is 6.21 Å². The molecule has 4 nitrogen and oxygen atoms in total. The number of hydrogen-bond acceptors (Lipinski definition) is 3. The van der Waals surface area contributed by atoms with Crippen molar-refractivity contribution in [3.8, 4) is 0 Å². The Labute approximate surface area is 75.1 Å². The van der Waals surface area contributed by atoms with Crippen molar-refractivity contribution in [1.82, 2.24) is 9.78 Å². The summed E-state index contributed by atoms with van der Waals surface area (Å²) in [5.41, 5.74) is 1.71. The summed E-state index contributed by atoms with van der Waals surface area (Å²) in [6.07, 6.45) is 1.38. The Kier molecular flexibility index (Phi) is 1.73. The van der Waals surface area contributed by atoms with E-state index in [-0.39, 0.29) is 0 Å². The SMILES string of the molecule is Cn1nc2ccccc2c1/C=N\O. The standard InChI is InChI=1S/C9H9N3O/c1-12-9(6-10-13)7-4-2-3-5-8(7)11-12/h2-6,13H,1H3/b10-6-. The summed E-state index contributed by atoms with van der Waals surface area (Å²) in [6, 6.07) is 7.72. The third kappa shape index (κ3) is 1.16. The molecule has 1 heterocycles. The fourth-order valence-corrected chi connectivity index (χ4v) is 1.38. The fourth-order valence-electron chi connectivity index (χ4n) is 1.38. The maximum atomic E-state index is 8.45. The zero-order valence-electron chi connectivity index (χ0n) is 7.18. The van der Waals surface area contributed by atoms with Crippen molar-refractivity contribution in [3.63, 3.8) is 0 Å². The number of rotatable bonds is 1. The van der Waals surface area contributed by atoms with Gasteiger partial charge in [-0.15, -0.1) is 0 Å². The van der Waals surface area contributed by atoms with Gasteiger partial charge in [-0.1, -0.05) is 23.4 Å². The van der Waals surface area contributed by atoms with Crippen molar-refractivity contribution < 1.29 is 5.21 Å². The van der Waals surface area contributed by atoms with Crippen molar-refractivity contribution in [1.29, 1.82) is 0 Å². The van der Waals surface area contributed by atoms with E-state index < -0.39 is 0 Å². The first kappa shape index (κ1) is 7.79. The molecule has 0 amide bonds. The highest BCUT2D eigenvalue weighted by atomic mass is 16.4. The number of oxime groups is 1. The predicted molar refractivity (Wildman–Crippen MR) is 50.1 cm³/mol. The number of benzene rings is 1. The number of nitrogens with zero attached hydrogens (tertiary/aromatic N) is 3. The van der Waals surface area contributed by atoms with Gasteiger partial charge in [0.15, 0.2) is 0 Å². The maximum absolute atomic E-state index is 8.45. The molecule has 0 spiro atoms. The van der Waals surface area contributed by atoms with Gasteiger partial charge >= 0.3 is 0 Å². The lowest BCUT2D eigenvalue weighted by Crippen LogP contribution is -1.96. The molecule has 4 heteroatoms.